The number of nitrogens with zero attached hydrogens (tertiary/aromatic N) is 1. The molecule has 60 heavy (non-hydrogen) atoms. The third-order valence-corrected chi connectivity index (χ3v) is 13.1. The number of rotatable bonds is 3. The van der Waals surface area contributed by atoms with Crippen LogP contribution >= 0.6 is 0 Å². The lowest BCUT2D eigenvalue weighted by atomic mass is 9.66. The summed E-state index contributed by atoms with van der Waals surface area (Å²) in [6.07, 6.45) is 0. The normalized spacial score (nSPS) is 13.4. The number of furan rings is 1. The molecule has 0 radical (unpaired) electrons. The molecule has 1 aliphatic carbocycles. The lowest BCUT2D eigenvalue weighted by Gasteiger charge is -2.39. The van der Waals surface area contributed by atoms with Gasteiger partial charge >= 0.3 is 0 Å². The summed E-state index contributed by atoms with van der Waals surface area (Å²) in [7, 11) is 0. The number of hydrogen-bond donors (Lipinski definition) is 0. The Morgan fingerprint density at radius 1 is 0.383 bits per heavy atom. The highest BCUT2D eigenvalue weighted by Gasteiger charge is 2.50. The van der Waals surface area contributed by atoms with Crippen LogP contribution in [0.25, 0.3) is 82.8 Å². The highest BCUT2D eigenvalue weighted by atomic mass is 16.5. The lowest BCUT2D eigenvalue weighted by Crippen LogP contribution is -2.32. The van der Waals surface area contributed by atoms with E-state index in [0.29, 0.717) is 0 Å². The zero-order valence-corrected chi connectivity index (χ0v) is 33.2. The summed E-state index contributed by atoms with van der Waals surface area (Å²) in [5, 5.41) is 4.71. The van der Waals surface area contributed by atoms with Crippen molar-refractivity contribution in [1.29, 1.82) is 0 Å². The largest absolute Gasteiger partial charge is 0.457 e. The Kier molecular flexibility index (Phi) is 6.78. The summed E-state index contributed by atoms with van der Waals surface area (Å²) in [6.45, 7) is 4.37. The van der Waals surface area contributed by atoms with Gasteiger partial charge in [-0.1, -0.05) is 133 Å². The fraction of sp³-hybridized carbons (Fsp3) is 0.0526. The Balaban J connectivity index is 1.00. The van der Waals surface area contributed by atoms with Crippen LogP contribution in [0.1, 0.15) is 33.4 Å². The molecule has 1 aliphatic heterocycles. The van der Waals surface area contributed by atoms with Crippen LogP contribution in [0.5, 0.6) is 11.5 Å². The number of para-hydroxylation sites is 2. The maximum atomic E-state index is 6.90. The number of fused-ring (bicyclic) bond motifs is 15. The van der Waals surface area contributed by atoms with E-state index in [-0.39, 0.29) is 0 Å². The fourth-order valence-electron chi connectivity index (χ4n) is 10.7. The standard InChI is InChI=1S/C57H37NO2/c1-34-27-35(2)29-40(28-34)58-51-30-36(38-21-25-46-45-13-5-9-17-53(45)59-55(46)32-38)19-23-43(51)44-24-20-37(31-52(44)58)39-22-26-50-56(33-39)60-54-18-10-8-16-49(54)57(50)47-14-6-3-11-41(47)42-12-4-7-15-48(42)57/h3-33H,1-2H3. The number of aryl methyl sites for hydroxylation is 2. The van der Waals surface area contributed by atoms with Crippen molar-refractivity contribution in [3.8, 4) is 50.6 Å². The first-order valence-electron chi connectivity index (χ1n) is 20.7. The van der Waals surface area contributed by atoms with Crippen LogP contribution in [0.4, 0.5) is 0 Å². The molecule has 3 nitrogen and oxygen atoms in total. The Hall–Kier alpha value is -7.62. The molecule has 0 atom stereocenters. The second-order valence-corrected chi connectivity index (χ2v) is 16.6. The summed E-state index contributed by atoms with van der Waals surface area (Å²) < 4.78 is 15.7. The van der Waals surface area contributed by atoms with E-state index in [1.165, 1.54) is 60.8 Å². The SMILES string of the molecule is Cc1cc(C)cc(-n2c3cc(-c4ccc5c(c4)Oc4ccccc4C54c5ccccc5-c5ccccc54)ccc3c3ccc(-c4ccc5c(c4)oc4ccccc45)cc32)c1. The van der Waals surface area contributed by atoms with Gasteiger partial charge in [0.25, 0.3) is 0 Å². The van der Waals surface area contributed by atoms with Gasteiger partial charge in [0.15, 0.2) is 0 Å². The fourth-order valence-corrected chi connectivity index (χ4v) is 10.7. The Bertz CT molecular complexity index is 3550. The topological polar surface area (TPSA) is 27.3 Å². The second kappa shape index (κ2) is 12.2. The van der Waals surface area contributed by atoms with Crippen molar-refractivity contribution in [3.63, 3.8) is 0 Å². The average Bonchev–Trinajstić information content (AvgIpc) is 3.92. The molecule has 13 rings (SSSR count). The molecule has 2 aliphatic rings. The Morgan fingerprint density at radius 2 is 0.900 bits per heavy atom. The summed E-state index contributed by atoms with van der Waals surface area (Å²) in [5.74, 6) is 1.79. The van der Waals surface area contributed by atoms with Gasteiger partial charge in [-0.15, -0.1) is 0 Å². The molecule has 0 saturated heterocycles. The lowest BCUT2D eigenvalue weighted by molar-refractivity contribution is 0.436. The molecule has 1 spiro atoms. The van der Waals surface area contributed by atoms with E-state index in [4.69, 9.17) is 9.15 Å². The Morgan fingerprint density at radius 3 is 1.60 bits per heavy atom. The van der Waals surface area contributed by atoms with Crippen LogP contribution in [0.15, 0.2) is 192 Å². The summed E-state index contributed by atoms with van der Waals surface area (Å²) in [4.78, 5) is 0. The van der Waals surface area contributed by atoms with E-state index in [0.717, 1.165) is 66.9 Å². The number of benzene rings is 9. The van der Waals surface area contributed by atoms with E-state index in [1.54, 1.807) is 0 Å². The third-order valence-electron chi connectivity index (χ3n) is 13.1. The molecule has 0 unspecified atom stereocenters. The number of hydrogen-bond acceptors (Lipinski definition) is 2. The second-order valence-electron chi connectivity index (χ2n) is 16.6. The van der Waals surface area contributed by atoms with Gasteiger partial charge in [0.05, 0.1) is 16.4 Å². The first kappa shape index (κ1) is 33.4. The first-order valence-corrected chi connectivity index (χ1v) is 20.7. The molecule has 0 N–H and O–H groups in total. The van der Waals surface area contributed by atoms with Crippen LogP contribution in [0, 0.1) is 13.8 Å². The van der Waals surface area contributed by atoms with Gasteiger partial charge in [-0.2, -0.15) is 0 Å². The highest BCUT2D eigenvalue weighted by Crippen LogP contribution is 2.62. The molecule has 282 valence electrons. The summed E-state index contributed by atoms with van der Waals surface area (Å²) in [6, 6.07) is 68.7. The van der Waals surface area contributed by atoms with E-state index >= 15 is 0 Å². The Labute approximate surface area is 347 Å². The molecule has 0 bridgehead atoms. The van der Waals surface area contributed by atoms with E-state index in [2.05, 4.69) is 194 Å². The zero-order valence-electron chi connectivity index (χ0n) is 33.2. The molecule has 3 heterocycles. The van der Waals surface area contributed by atoms with Gasteiger partial charge in [-0.25, -0.2) is 0 Å². The van der Waals surface area contributed by atoms with Crippen LogP contribution in [-0.2, 0) is 5.41 Å². The molecule has 11 aromatic rings. The highest BCUT2D eigenvalue weighted by molar-refractivity contribution is 6.12. The minimum Gasteiger partial charge on any atom is -0.457 e. The molecule has 0 amide bonds. The quantitative estimate of drug-likeness (QED) is 0.179. The average molecular weight is 768 g/mol. The molecule has 0 saturated carbocycles. The monoisotopic (exact) mass is 767 g/mol. The van der Waals surface area contributed by atoms with Crippen molar-refractivity contribution in [2.75, 3.05) is 0 Å². The van der Waals surface area contributed by atoms with Gasteiger partial charge in [0.2, 0.25) is 0 Å². The van der Waals surface area contributed by atoms with Crippen molar-refractivity contribution in [2.45, 2.75) is 19.3 Å². The molecule has 9 aromatic carbocycles. The molecule has 3 heteroatoms. The van der Waals surface area contributed by atoms with Crippen LogP contribution in [-0.4, -0.2) is 4.57 Å². The predicted molar refractivity (Wildman–Crippen MR) is 246 cm³/mol. The minimum absolute atomic E-state index is 0.484. The molecule has 2 aromatic heterocycles. The molecular formula is C57H37NO2. The van der Waals surface area contributed by atoms with Crippen molar-refractivity contribution < 1.29 is 9.15 Å². The van der Waals surface area contributed by atoms with Gasteiger partial charge < -0.3 is 13.7 Å². The van der Waals surface area contributed by atoms with E-state index in [1.807, 2.05) is 12.1 Å². The third kappa shape index (κ3) is 4.55. The summed E-state index contributed by atoms with van der Waals surface area (Å²) in [5.41, 5.74) is 19.3. The van der Waals surface area contributed by atoms with E-state index in [9.17, 15) is 0 Å². The van der Waals surface area contributed by atoms with Crippen LogP contribution in [0.3, 0.4) is 0 Å². The smallest absolute Gasteiger partial charge is 0.136 e. The van der Waals surface area contributed by atoms with E-state index < -0.39 is 5.41 Å². The van der Waals surface area contributed by atoms with Crippen LogP contribution in [0.2, 0.25) is 0 Å². The predicted octanol–water partition coefficient (Wildman–Crippen LogP) is 15.1. The van der Waals surface area contributed by atoms with Crippen molar-refractivity contribution in [2.24, 2.45) is 0 Å². The number of ether oxygens (including phenoxy) is 1. The van der Waals surface area contributed by atoms with Crippen LogP contribution < -0.4 is 4.74 Å². The number of aromatic nitrogens is 1. The maximum Gasteiger partial charge on any atom is 0.136 e. The van der Waals surface area contributed by atoms with Crippen molar-refractivity contribution >= 4 is 43.7 Å². The first-order chi connectivity index (χ1) is 29.5. The molecular weight excluding hydrogens is 731 g/mol. The van der Waals surface area contributed by atoms with Gasteiger partial charge in [0, 0.05) is 38.4 Å². The van der Waals surface area contributed by atoms with Gasteiger partial charge in [-0.05, 0) is 124 Å². The zero-order chi connectivity index (χ0) is 39.7. The minimum atomic E-state index is -0.484. The maximum absolute atomic E-state index is 6.90. The van der Waals surface area contributed by atoms with Gasteiger partial charge in [0.1, 0.15) is 22.7 Å². The molecule has 0 fully saturated rings. The van der Waals surface area contributed by atoms with Crippen molar-refractivity contribution in [3.05, 3.63) is 221 Å². The van der Waals surface area contributed by atoms with Gasteiger partial charge in [-0.3, -0.25) is 0 Å². The van der Waals surface area contributed by atoms with Crippen molar-refractivity contribution in [1.82, 2.24) is 4.57 Å². The summed E-state index contributed by atoms with van der Waals surface area (Å²) >= 11 is 0.